The summed E-state index contributed by atoms with van der Waals surface area (Å²) in [6, 6.07) is 22.0. The maximum absolute atomic E-state index is 12.5. The second kappa shape index (κ2) is 10.1. The normalized spacial score (nSPS) is 10.6. The first-order valence-corrected chi connectivity index (χ1v) is 11.0. The number of rotatable bonds is 7. The molecule has 2 amide bonds. The van der Waals surface area contributed by atoms with Gasteiger partial charge in [0.2, 0.25) is 0 Å². The number of nitrogens with one attached hydrogen (secondary N) is 2. The molecule has 4 aromatic rings. The molecule has 33 heavy (non-hydrogen) atoms. The number of halogens is 1. The van der Waals surface area contributed by atoms with Crippen molar-refractivity contribution in [2.45, 2.75) is 19.9 Å². The van der Waals surface area contributed by atoms with E-state index in [0.29, 0.717) is 28.5 Å². The summed E-state index contributed by atoms with van der Waals surface area (Å²) in [4.78, 5) is 29.1. The zero-order chi connectivity index (χ0) is 23.2. The molecule has 1 aromatic heterocycles. The Labute approximate surface area is 197 Å². The third-order valence-electron chi connectivity index (χ3n) is 5.14. The quantitative estimate of drug-likeness (QED) is 0.375. The second-order valence-corrected chi connectivity index (χ2v) is 8.03. The van der Waals surface area contributed by atoms with Crippen LogP contribution in [0.2, 0.25) is 5.02 Å². The number of anilines is 2. The molecule has 4 rings (SSSR count). The molecule has 0 aliphatic carbocycles. The molecule has 0 unspecified atom stereocenters. The number of nitrogens with zero attached hydrogens (tertiary/aromatic N) is 2. The molecule has 0 aliphatic rings. The lowest BCUT2D eigenvalue weighted by molar-refractivity contribution is 0.101. The van der Waals surface area contributed by atoms with E-state index < -0.39 is 0 Å². The van der Waals surface area contributed by atoms with Gasteiger partial charge >= 0.3 is 0 Å². The predicted molar refractivity (Wildman–Crippen MR) is 131 cm³/mol. The van der Waals surface area contributed by atoms with Crippen LogP contribution in [0.4, 0.5) is 11.4 Å². The van der Waals surface area contributed by atoms with E-state index in [0.717, 1.165) is 23.2 Å². The Morgan fingerprint density at radius 3 is 2.33 bits per heavy atom. The molecule has 0 aliphatic heterocycles. The fourth-order valence-electron chi connectivity index (χ4n) is 3.34. The minimum atomic E-state index is -0.248. The molecular formula is C26H23ClN4O2. The highest BCUT2D eigenvalue weighted by atomic mass is 35.5. The van der Waals surface area contributed by atoms with E-state index in [9.17, 15) is 9.59 Å². The average molecular weight is 459 g/mol. The van der Waals surface area contributed by atoms with Crippen LogP contribution < -0.4 is 10.6 Å². The first-order chi connectivity index (χ1) is 16.0. The van der Waals surface area contributed by atoms with Gasteiger partial charge in [-0.2, -0.15) is 0 Å². The van der Waals surface area contributed by atoms with Gasteiger partial charge in [-0.15, -0.1) is 0 Å². The van der Waals surface area contributed by atoms with Gasteiger partial charge in [0, 0.05) is 34.7 Å². The molecule has 0 bridgehead atoms. The van der Waals surface area contributed by atoms with Gasteiger partial charge in [-0.05, 0) is 66.1 Å². The third kappa shape index (κ3) is 5.87. The van der Waals surface area contributed by atoms with E-state index in [1.807, 2.05) is 53.1 Å². The number of carbonyl (C=O) groups excluding carboxylic acids is 2. The van der Waals surface area contributed by atoms with Gasteiger partial charge in [0.05, 0.1) is 6.33 Å². The minimum Gasteiger partial charge on any atom is -0.332 e. The molecule has 0 saturated carbocycles. The summed E-state index contributed by atoms with van der Waals surface area (Å²) in [5.41, 5.74) is 4.51. The van der Waals surface area contributed by atoms with Crippen LogP contribution in [0, 0.1) is 0 Å². The zero-order valence-electron chi connectivity index (χ0n) is 18.1. The van der Waals surface area contributed by atoms with E-state index in [4.69, 9.17) is 11.6 Å². The van der Waals surface area contributed by atoms with Crippen molar-refractivity contribution < 1.29 is 9.59 Å². The summed E-state index contributed by atoms with van der Waals surface area (Å²) in [5.74, 6) is -0.448. The lowest BCUT2D eigenvalue weighted by Crippen LogP contribution is -2.12. The SMILES string of the molecule is CCc1cccc(NC(=O)c2cn(Cc3ccc(NC(=O)c4ccc(Cl)cc4)cc3)cn2)c1. The third-order valence-corrected chi connectivity index (χ3v) is 5.39. The average Bonchev–Trinajstić information content (AvgIpc) is 3.29. The molecule has 0 fully saturated rings. The van der Waals surface area contributed by atoms with Crippen LogP contribution >= 0.6 is 11.6 Å². The van der Waals surface area contributed by atoms with E-state index in [1.54, 1.807) is 36.8 Å². The number of hydrogen-bond donors (Lipinski definition) is 2. The molecule has 1 heterocycles. The largest absolute Gasteiger partial charge is 0.332 e. The summed E-state index contributed by atoms with van der Waals surface area (Å²) in [6.07, 6.45) is 4.25. The van der Waals surface area contributed by atoms with Gasteiger partial charge < -0.3 is 15.2 Å². The van der Waals surface area contributed by atoms with Crippen LogP contribution in [0.1, 0.15) is 38.9 Å². The molecule has 166 valence electrons. The van der Waals surface area contributed by atoms with Gasteiger partial charge in [-0.1, -0.05) is 42.8 Å². The maximum atomic E-state index is 12.5. The highest BCUT2D eigenvalue weighted by Gasteiger charge is 2.11. The Bertz CT molecular complexity index is 1260. The fourth-order valence-corrected chi connectivity index (χ4v) is 3.46. The number of aryl methyl sites for hydroxylation is 1. The molecule has 2 N–H and O–H groups in total. The second-order valence-electron chi connectivity index (χ2n) is 7.60. The molecule has 7 heteroatoms. The van der Waals surface area contributed by atoms with E-state index in [-0.39, 0.29) is 11.8 Å². The molecular weight excluding hydrogens is 436 g/mol. The minimum absolute atomic E-state index is 0.200. The summed E-state index contributed by atoms with van der Waals surface area (Å²) in [6.45, 7) is 2.62. The number of benzene rings is 3. The van der Waals surface area contributed by atoms with Crippen molar-refractivity contribution in [3.8, 4) is 0 Å². The Kier molecular flexibility index (Phi) is 6.86. The van der Waals surface area contributed by atoms with E-state index in [2.05, 4.69) is 22.5 Å². The van der Waals surface area contributed by atoms with Crippen LogP contribution in [-0.4, -0.2) is 21.4 Å². The van der Waals surface area contributed by atoms with Crippen LogP contribution in [0.3, 0.4) is 0 Å². The van der Waals surface area contributed by atoms with Crippen molar-refractivity contribution >= 4 is 34.8 Å². The predicted octanol–water partition coefficient (Wildman–Crippen LogP) is 5.65. The summed E-state index contributed by atoms with van der Waals surface area (Å²) >= 11 is 5.87. The number of imidazole rings is 1. The highest BCUT2D eigenvalue weighted by molar-refractivity contribution is 6.30. The smallest absolute Gasteiger partial charge is 0.275 e. The Balaban J connectivity index is 1.35. The van der Waals surface area contributed by atoms with Crippen molar-refractivity contribution in [3.63, 3.8) is 0 Å². The van der Waals surface area contributed by atoms with Gasteiger partial charge in [0.15, 0.2) is 0 Å². The number of aromatic nitrogens is 2. The van der Waals surface area contributed by atoms with Crippen LogP contribution in [0.25, 0.3) is 0 Å². The van der Waals surface area contributed by atoms with Gasteiger partial charge in [-0.3, -0.25) is 9.59 Å². The highest BCUT2D eigenvalue weighted by Crippen LogP contribution is 2.15. The molecule has 0 radical (unpaired) electrons. The summed E-state index contributed by atoms with van der Waals surface area (Å²) < 4.78 is 1.85. The fraction of sp³-hybridized carbons (Fsp3) is 0.115. The van der Waals surface area contributed by atoms with Crippen LogP contribution in [0.15, 0.2) is 85.3 Å². The van der Waals surface area contributed by atoms with Crippen molar-refractivity contribution in [1.82, 2.24) is 9.55 Å². The van der Waals surface area contributed by atoms with Crippen molar-refractivity contribution in [2.24, 2.45) is 0 Å². The van der Waals surface area contributed by atoms with Gasteiger partial charge in [0.1, 0.15) is 5.69 Å². The number of carbonyl (C=O) groups is 2. The summed E-state index contributed by atoms with van der Waals surface area (Å²) in [5, 5.41) is 6.34. The van der Waals surface area contributed by atoms with Gasteiger partial charge in [0.25, 0.3) is 11.8 Å². The Morgan fingerprint density at radius 2 is 1.61 bits per heavy atom. The van der Waals surface area contributed by atoms with Gasteiger partial charge in [-0.25, -0.2) is 4.98 Å². The van der Waals surface area contributed by atoms with E-state index >= 15 is 0 Å². The Morgan fingerprint density at radius 1 is 0.879 bits per heavy atom. The first kappa shape index (κ1) is 22.3. The van der Waals surface area contributed by atoms with Crippen LogP contribution in [0.5, 0.6) is 0 Å². The van der Waals surface area contributed by atoms with Crippen molar-refractivity contribution in [1.29, 1.82) is 0 Å². The standard InChI is InChI=1S/C26H23ClN4O2/c1-2-18-4-3-5-23(14-18)30-26(33)24-16-31(17-28-24)15-19-6-12-22(13-7-19)29-25(32)20-8-10-21(27)11-9-20/h3-14,16-17H,2,15H2,1H3,(H,29,32)(H,30,33). The first-order valence-electron chi connectivity index (χ1n) is 10.6. The Hall–Kier alpha value is -3.90. The zero-order valence-corrected chi connectivity index (χ0v) is 18.8. The van der Waals surface area contributed by atoms with Crippen LogP contribution in [-0.2, 0) is 13.0 Å². The monoisotopic (exact) mass is 458 g/mol. The maximum Gasteiger partial charge on any atom is 0.275 e. The number of amides is 2. The lowest BCUT2D eigenvalue weighted by atomic mass is 10.1. The summed E-state index contributed by atoms with van der Waals surface area (Å²) in [7, 11) is 0. The molecule has 3 aromatic carbocycles. The molecule has 0 saturated heterocycles. The molecule has 0 atom stereocenters. The van der Waals surface area contributed by atoms with Crippen molar-refractivity contribution in [3.05, 3.63) is 113 Å². The number of hydrogen-bond acceptors (Lipinski definition) is 3. The topological polar surface area (TPSA) is 76.0 Å². The molecule has 6 nitrogen and oxygen atoms in total. The molecule has 0 spiro atoms. The lowest BCUT2D eigenvalue weighted by Gasteiger charge is -2.07. The van der Waals surface area contributed by atoms with E-state index in [1.165, 1.54) is 0 Å². The van der Waals surface area contributed by atoms with Crippen molar-refractivity contribution in [2.75, 3.05) is 10.6 Å².